The van der Waals surface area contributed by atoms with Crippen LogP contribution in [0.2, 0.25) is 0 Å². The fourth-order valence-corrected chi connectivity index (χ4v) is 4.65. The van der Waals surface area contributed by atoms with Gasteiger partial charge in [-0.3, -0.25) is 14.5 Å². The van der Waals surface area contributed by atoms with Gasteiger partial charge in [-0.25, -0.2) is 4.39 Å². The topological polar surface area (TPSA) is 43.9 Å². The number of thiophene rings is 1. The number of piperazine rings is 1. The second-order valence-corrected chi connectivity index (χ2v) is 8.19. The first kappa shape index (κ1) is 18.1. The molecule has 7 heteroatoms. The number of carbonyl (C=O) groups excluding carboxylic acids is 2. The lowest BCUT2D eigenvalue weighted by Crippen LogP contribution is -2.64. The van der Waals surface area contributed by atoms with Gasteiger partial charge in [-0.15, -0.1) is 0 Å². The largest absolute Gasteiger partial charge is 0.340 e. The number of hydrogen-bond donors (Lipinski definition) is 0. The van der Waals surface area contributed by atoms with E-state index >= 15 is 0 Å². The maximum Gasteiger partial charge on any atom is 0.241 e. The molecule has 2 aromatic rings. The summed E-state index contributed by atoms with van der Waals surface area (Å²) in [5, 5.41) is 3.96. The molecule has 2 aliphatic rings. The second-order valence-electron chi connectivity index (χ2n) is 7.41. The molecule has 2 amide bonds. The van der Waals surface area contributed by atoms with Gasteiger partial charge < -0.3 is 9.80 Å². The average molecular weight is 387 g/mol. The summed E-state index contributed by atoms with van der Waals surface area (Å²) in [6.07, 6.45) is 1.11. The lowest BCUT2D eigenvalue weighted by molar-refractivity contribution is -0.130. The van der Waals surface area contributed by atoms with Gasteiger partial charge in [0.1, 0.15) is 5.82 Å². The molecule has 2 aliphatic heterocycles. The standard InChI is InChI=1S/C20H22FN3O2S/c1-22-11-19(26)24(17-6-9-27-12-17)14-20(22)7-8-23(13-20)18(25)10-15-2-4-16(21)5-3-15/h2-6,9,12H,7-8,10-11,13-14H2,1H3/t20-/m0/s1. The van der Waals surface area contributed by atoms with Crippen LogP contribution in [0.1, 0.15) is 12.0 Å². The van der Waals surface area contributed by atoms with Gasteiger partial charge in [0.15, 0.2) is 0 Å². The highest BCUT2D eigenvalue weighted by atomic mass is 32.1. The highest BCUT2D eigenvalue weighted by molar-refractivity contribution is 7.08. The average Bonchev–Trinajstić information content (AvgIpc) is 3.31. The number of amides is 2. The summed E-state index contributed by atoms with van der Waals surface area (Å²) >= 11 is 1.58. The highest BCUT2D eigenvalue weighted by Gasteiger charge is 2.48. The second kappa shape index (κ2) is 7.05. The van der Waals surface area contributed by atoms with Gasteiger partial charge in [0.25, 0.3) is 0 Å². The molecule has 1 atom stereocenters. The van der Waals surface area contributed by atoms with Gasteiger partial charge in [-0.05, 0) is 42.6 Å². The van der Waals surface area contributed by atoms with Gasteiger partial charge in [-0.2, -0.15) is 11.3 Å². The van der Waals surface area contributed by atoms with Crippen molar-refractivity contribution in [2.75, 3.05) is 38.1 Å². The molecule has 0 bridgehead atoms. The van der Waals surface area contributed by atoms with Crippen LogP contribution in [-0.4, -0.2) is 60.4 Å². The smallest absolute Gasteiger partial charge is 0.241 e. The first-order valence-electron chi connectivity index (χ1n) is 9.03. The van der Waals surface area contributed by atoms with E-state index in [-0.39, 0.29) is 29.6 Å². The summed E-state index contributed by atoms with van der Waals surface area (Å²) in [5.41, 5.74) is 1.54. The Labute approximate surface area is 162 Å². The molecule has 5 nitrogen and oxygen atoms in total. The molecule has 0 aliphatic carbocycles. The molecule has 2 fully saturated rings. The Morgan fingerprint density at radius 1 is 1.22 bits per heavy atom. The Kier molecular flexibility index (Phi) is 4.74. The Balaban J connectivity index is 1.47. The number of benzene rings is 1. The minimum atomic E-state index is -0.298. The SMILES string of the molecule is CN1CC(=O)N(c2ccsc2)C[C@@]12CCN(C(=O)Cc1ccc(F)cc1)C2. The van der Waals surface area contributed by atoms with Gasteiger partial charge in [0, 0.05) is 25.0 Å². The maximum atomic E-state index is 13.1. The van der Waals surface area contributed by atoms with Crippen LogP contribution in [0.3, 0.4) is 0 Å². The third-order valence-corrected chi connectivity index (χ3v) is 6.38. The van der Waals surface area contributed by atoms with E-state index in [2.05, 4.69) is 4.90 Å². The van der Waals surface area contributed by atoms with Gasteiger partial charge >= 0.3 is 0 Å². The zero-order valence-electron chi connectivity index (χ0n) is 15.2. The predicted octanol–water partition coefficient (Wildman–Crippen LogP) is 2.38. The lowest BCUT2D eigenvalue weighted by atomic mass is 9.93. The van der Waals surface area contributed by atoms with Gasteiger partial charge in [0.2, 0.25) is 11.8 Å². The zero-order valence-corrected chi connectivity index (χ0v) is 16.0. The van der Waals surface area contributed by atoms with Crippen LogP contribution in [0.25, 0.3) is 0 Å². The number of carbonyl (C=O) groups is 2. The minimum absolute atomic E-state index is 0.0471. The third-order valence-electron chi connectivity index (χ3n) is 5.71. The molecule has 3 heterocycles. The molecule has 1 aromatic heterocycles. The number of likely N-dealkylation sites (tertiary alicyclic amines) is 1. The first-order chi connectivity index (χ1) is 13.0. The highest BCUT2D eigenvalue weighted by Crippen LogP contribution is 2.34. The molecular weight excluding hydrogens is 365 g/mol. The van der Waals surface area contributed by atoms with E-state index < -0.39 is 0 Å². The zero-order chi connectivity index (χ0) is 19.0. The van der Waals surface area contributed by atoms with E-state index in [0.717, 1.165) is 17.7 Å². The molecule has 0 N–H and O–H groups in total. The number of rotatable bonds is 3. The monoisotopic (exact) mass is 387 g/mol. The van der Waals surface area contributed by atoms with E-state index in [0.29, 0.717) is 26.2 Å². The molecule has 0 saturated carbocycles. The number of halogens is 1. The van der Waals surface area contributed by atoms with Crippen molar-refractivity contribution >= 4 is 28.8 Å². The summed E-state index contributed by atoms with van der Waals surface area (Å²) in [6, 6.07) is 8.04. The maximum absolute atomic E-state index is 13.1. The quantitative estimate of drug-likeness (QED) is 0.812. The lowest BCUT2D eigenvalue weighted by Gasteiger charge is -2.46. The van der Waals surface area contributed by atoms with Crippen molar-refractivity contribution < 1.29 is 14.0 Å². The van der Waals surface area contributed by atoms with Crippen LogP contribution in [0, 0.1) is 5.82 Å². The molecule has 27 heavy (non-hydrogen) atoms. The van der Waals surface area contributed by atoms with Crippen molar-refractivity contribution in [3.8, 4) is 0 Å². The Morgan fingerprint density at radius 2 is 2.00 bits per heavy atom. The van der Waals surface area contributed by atoms with Gasteiger partial charge in [0.05, 0.1) is 24.2 Å². The van der Waals surface area contributed by atoms with E-state index in [1.807, 2.05) is 33.7 Å². The van der Waals surface area contributed by atoms with Crippen molar-refractivity contribution in [2.45, 2.75) is 18.4 Å². The van der Waals surface area contributed by atoms with Crippen molar-refractivity contribution in [1.82, 2.24) is 9.80 Å². The number of nitrogens with zero attached hydrogens (tertiary/aromatic N) is 3. The fourth-order valence-electron chi connectivity index (χ4n) is 4.00. The molecule has 2 saturated heterocycles. The Hall–Kier alpha value is -2.25. The van der Waals surface area contributed by atoms with E-state index in [9.17, 15) is 14.0 Å². The Bertz CT molecular complexity index is 839. The van der Waals surface area contributed by atoms with Crippen LogP contribution in [0.5, 0.6) is 0 Å². The van der Waals surface area contributed by atoms with Crippen LogP contribution in [-0.2, 0) is 16.0 Å². The van der Waals surface area contributed by atoms with Crippen LogP contribution < -0.4 is 4.90 Å². The van der Waals surface area contributed by atoms with Crippen LogP contribution >= 0.6 is 11.3 Å². The summed E-state index contributed by atoms with van der Waals surface area (Å²) in [4.78, 5) is 31.1. The third kappa shape index (κ3) is 3.49. The van der Waals surface area contributed by atoms with Crippen molar-refractivity contribution in [1.29, 1.82) is 0 Å². The molecule has 0 radical (unpaired) electrons. The summed E-state index contributed by atoms with van der Waals surface area (Å²) in [7, 11) is 1.97. The fraction of sp³-hybridized carbons (Fsp3) is 0.400. The summed E-state index contributed by atoms with van der Waals surface area (Å²) in [6.45, 7) is 2.24. The van der Waals surface area contributed by atoms with Crippen LogP contribution in [0.4, 0.5) is 10.1 Å². The van der Waals surface area contributed by atoms with Gasteiger partial charge in [-0.1, -0.05) is 12.1 Å². The number of hydrogen-bond acceptors (Lipinski definition) is 4. The summed E-state index contributed by atoms with van der Waals surface area (Å²) < 4.78 is 13.1. The molecule has 142 valence electrons. The molecule has 0 unspecified atom stereocenters. The number of anilines is 1. The molecule has 1 aromatic carbocycles. The van der Waals surface area contributed by atoms with E-state index in [4.69, 9.17) is 0 Å². The van der Waals surface area contributed by atoms with Crippen LogP contribution in [0.15, 0.2) is 41.1 Å². The molecule has 1 spiro atoms. The minimum Gasteiger partial charge on any atom is -0.340 e. The predicted molar refractivity (Wildman–Crippen MR) is 103 cm³/mol. The molecule has 4 rings (SSSR count). The van der Waals surface area contributed by atoms with Crippen molar-refractivity contribution in [2.24, 2.45) is 0 Å². The van der Waals surface area contributed by atoms with Crippen molar-refractivity contribution in [3.63, 3.8) is 0 Å². The van der Waals surface area contributed by atoms with E-state index in [1.54, 1.807) is 23.5 Å². The number of likely N-dealkylation sites (N-methyl/N-ethyl adjacent to an activating group) is 1. The molecular formula is C20H22FN3O2S. The van der Waals surface area contributed by atoms with Crippen molar-refractivity contribution in [3.05, 3.63) is 52.5 Å². The first-order valence-corrected chi connectivity index (χ1v) is 9.97. The summed E-state index contributed by atoms with van der Waals surface area (Å²) in [5.74, 6) is -0.156. The van der Waals surface area contributed by atoms with E-state index in [1.165, 1.54) is 12.1 Å². The Morgan fingerprint density at radius 3 is 2.70 bits per heavy atom. The normalized spacial score (nSPS) is 23.4.